The highest BCUT2D eigenvalue weighted by Gasteiger charge is 1.95. The number of benzene rings is 2. The zero-order valence-corrected chi connectivity index (χ0v) is 11.2. The van der Waals surface area contributed by atoms with Gasteiger partial charge in [0.25, 0.3) is 0 Å². The van der Waals surface area contributed by atoms with Gasteiger partial charge >= 0.3 is 0 Å². The average molecular weight is 291 g/mol. The van der Waals surface area contributed by atoms with Crippen molar-refractivity contribution in [1.82, 2.24) is 0 Å². The molecule has 0 aliphatic heterocycles. The van der Waals surface area contributed by atoms with Crippen molar-refractivity contribution in [2.75, 3.05) is 6.61 Å². The van der Waals surface area contributed by atoms with Crippen LogP contribution in [0.15, 0.2) is 59.1 Å². The molecule has 0 radical (unpaired) electrons. The molecule has 0 spiro atoms. The molecule has 0 aliphatic rings. The van der Waals surface area contributed by atoms with Crippen LogP contribution >= 0.6 is 15.9 Å². The molecule has 0 aromatic heterocycles. The van der Waals surface area contributed by atoms with Gasteiger partial charge in [0.15, 0.2) is 0 Å². The van der Waals surface area contributed by atoms with Crippen LogP contribution in [0.4, 0.5) is 0 Å². The van der Waals surface area contributed by atoms with E-state index in [1.807, 2.05) is 30.3 Å². The molecule has 0 saturated heterocycles. The molecule has 2 aromatic rings. The van der Waals surface area contributed by atoms with E-state index in [0.29, 0.717) is 0 Å². The second kappa shape index (κ2) is 6.45. The Morgan fingerprint density at radius 1 is 0.882 bits per heavy atom. The Hall–Kier alpha value is -1.28. The number of rotatable bonds is 5. The molecule has 0 heterocycles. The fourth-order valence-corrected chi connectivity index (χ4v) is 1.91. The summed E-state index contributed by atoms with van der Waals surface area (Å²) in [5, 5.41) is 0. The molecular weight excluding hydrogens is 276 g/mol. The Labute approximate surface area is 111 Å². The van der Waals surface area contributed by atoms with Crippen molar-refractivity contribution in [2.24, 2.45) is 0 Å². The van der Waals surface area contributed by atoms with Crippen LogP contribution in [0.5, 0.6) is 5.75 Å². The molecule has 0 aliphatic carbocycles. The molecule has 0 saturated carbocycles. The summed E-state index contributed by atoms with van der Waals surface area (Å²) in [4.78, 5) is 0. The van der Waals surface area contributed by atoms with E-state index in [0.717, 1.165) is 29.7 Å². The summed E-state index contributed by atoms with van der Waals surface area (Å²) in [5.41, 5.74) is 1.37. The number of ether oxygens (including phenoxy) is 1. The molecule has 0 amide bonds. The normalized spacial score (nSPS) is 10.2. The lowest BCUT2D eigenvalue weighted by atomic mass is 10.1. The predicted octanol–water partition coefficient (Wildman–Crippen LogP) is 4.46. The zero-order chi connectivity index (χ0) is 11.9. The van der Waals surface area contributed by atoms with E-state index in [9.17, 15) is 0 Å². The Morgan fingerprint density at radius 2 is 1.59 bits per heavy atom. The fraction of sp³-hybridized carbons (Fsp3) is 0.200. The monoisotopic (exact) mass is 290 g/mol. The first-order valence-electron chi connectivity index (χ1n) is 5.77. The van der Waals surface area contributed by atoms with Crippen molar-refractivity contribution in [2.45, 2.75) is 12.8 Å². The number of hydrogen-bond acceptors (Lipinski definition) is 1. The van der Waals surface area contributed by atoms with Gasteiger partial charge in [0, 0.05) is 4.47 Å². The maximum atomic E-state index is 5.66. The SMILES string of the molecule is Brc1ccc(OCCCc2ccccc2)cc1. The Balaban J connectivity index is 1.71. The third-order valence-electron chi connectivity index (χ3n) is 2.53. The molecule has 1 nitrogen and oxygen atoms in total. The van der Waals surface area contributed by atoms with E-state index < -0.39 is 0 Å². The van der Waals surface area contributed by atoms with E-state index in [1.165, 1.54) is 5.56 Å². The lowest BCUT2D eigenvalue weighted by Gasteiger charge is -2.06. The van der Waals surface area contributed by atoms with E-state index in [-0.39, 0.29) is 0 Å². The van der Waals surface area contributed by atoms with Gasteiger partial charge < -0.3 is 4.74 Å². The van der Waals surface area contributed by atoms with Gasteiger partial charge in [-0.05, 0) is 42.7 Å². The summed E-state index contributed by atoms with van der Waals surface area (Å²) in [6, 6.07) is 18.4. The maximum absolute atomic E-state index is 5.66. The van der Waals surface area contributed by atoms with Crippen LogP contribution in [0.1, 0.15) is 12.0 Å². The molecular formula is C15H15BrO. The summed E-state index contributed by atoms with van der Waals surface area (Å²) < 4.78 is 6.74. The van der Waals surface area contributed by atoms with Crippen molar-refractivity contribution in [1.29, 1.82) is 0 Å². The third-order valence-corrected chi connectivity index (χ3v) is 3.06. The van der Waals surface area contributed by atoms with E-state index >= 15 is 0 Å². The predicted molar refractivity (Wildman–Crippen MR) is 74.4 cm³/mol. The van der Waals surface area contributed by atoms with Crippen LogP contribution in [0.3, 0.4) is 0 Å². The van der Waals surface area contributed by atoms with Gasteiger partial charge in [-0.15, -0.1) is 0 Å². The van der Waals surface area contributed by atoms with Crippen molar-refractivity contribution in [3.05, 3.63) is 64.6 Å². The standard InChI is InChI=1S/C15H15BrO/c16-14-8-10-15(11-9-14)17-12-4-7-13-5-2-1-3-6-13/h1-3,5-6,8-11H,4,7,12H2. The van der Waals surface area contributed by atoms with Gasteiger partial charge in [-0.25, -0.2) is 0 Å². The van der Waals surface area contributed by atoms with Crippen molar-refractivity contribution in [3.63, 3.8) is 0 Å². The van der Waals surface area contributed by atoms with Gasteiger partial charge in [0.05, 0.1) is 6.61 Å². The first kappa shape index (κ1) is 12.2. The molecule has 0 atom stereocenters. The zero-order valence-electron chi connectivity index (χ0n) is 9.60. The van der Waals surface area contributed by atoms with Crippen LogP contribution in [0.2, 0.25) is 0 Å². The van der Waals surface area contributed by atoms with Crippen LogP contribution < -0.4 is 4.74 Å². The molecule has 2 heteroatoms. The maximum Gasteiger partial charge on any atom is 0.119 e. The Kier molecular flexibility index (Phi) is 4.63. The van der Waals surface area contributed by atoms with Gasteiger partial charge in [0.2, 0.25) is 0 Å². The van der Waals surface area contributed by atoms with Gasteiger partial charge in [-0.2, -0.15) is 0 Å². The van der Waals surface area contributed by atoms with Gasteiger partial charge in [-0.3, -0.25) is 0 Å². The lowest BCUT2D eigenvalue weighted by molar-refractivity contribution is 0.311. The molecule has 17 heavy (non-hydrogen) atoms. The largest absolute Gasteiger partial charge is 0.494 e. The third kappa shape index (κ3) is 4.23. The summed E-state index contributed by atoms with van der Waals surface area (Å²) >= 11 is 3.40. The molecule has 0 bridgehead atoms. The highest BCUT2D eigenvalue weighted by atomic mass is 79.9. The van der Waals surface area contributed by atoms with Crippen LogP contribution in [-0.2, 0) is 6.42 Å². The van der Waals surface area contributed by atoms with E-state index in [1.54, 1.807) is 0 Å². The van der Waals surface area contributed by atoms with Crippen LogP contribution in [0.25, 0.3) is 0 Å². The minimum atomic E-state index is 0.760. The Bertz CT molecular complexity index is 436. The second-order valence-corrected chi connectivity index (χ2v) is 4.81. The minimum Gasteiger partial charge on any atom is -0.494 e. The molecule has 2 rings (SSSR count). The van der Waals surface area contributed by atoms with Gasteiger partial charge in [-0.1, -0.05) is 46.3 Å². The minimum absolute atomic E-state index is 0.760. The topological polar surface area (TPSA) is 9.23 Å². The molecule has 0 fully saturated rings. The average Bonchev–Trinajstić information content (AvgIpc) is 2.38. The quantitative estimate of drug-likeness (QED) is 0.739. The first-order chi connectivity index (χ1) is 8.34. The highest BCUT2D eigenvalue weighted by molar-refractivity contribution is 9.10. The summed E-state index contributed by atoms with van der Waals surface area (Å²) in [6.07, 6.45) is 2.11. The fourth-order valence-electron chi connectivity index (χ4n) is 1.64. The molecule has 2 aromatic carbocycles. The van der Waals surface area contributed by atoms with E-state index in [2.05, 4.69) is 40.2 Å². The van der Waals surface area contributed by atoms with Crippen molar-refractivity contribution in [3.8, 4) is 5.75 Å². The van der Waals surface area contributed by atoms with Crippen molar-refractivity contribution < 1.29 is 4.74 Å². The summed E-state index contributed by atoms with van der Waals surface area (Å²) in [5.74, 6) is 0.932. The molecule has 0 N–H and O–H groups in total. The first-order valence-corrected chi connectivity index (χ1v) is 6.56. The molecule has 0 unspecified atom stereocenters. The van der Waals surface area contributed by atoms with Crippen LogP contribution in [-0.4, -0.2) is 6.61 Å². The number of aryl methyl sites for hydroxylation is 1. The lowest BCUT2D eigenvalue weighted by Crippen LogP contribution is -1.99. The summed E-state index contributed by atoms with van der Waals surface area (Å²) in [6.45, 7) is 0.760. The van der Waals surface area contributed by atoms with E-state index in [4.69, 9.17) is 4.74 Å². The number of hydrogen-bond donors (Lipinski definition) is 0. The van der Waals surface area contributed by atoms with Crippen LogP contribution in [0, 0.1) is 0 Å². The Morgan fingerprint density at radius 3 is 2.29 bits per heavy atom. The van der Waals surface area contributed by atoms with Gasteiger partial charge in [0.1, 0.15) is 5.75 Å². The smallest absolute Gasteiger partial charge is 0.119 e. The summed E-state index contributed by atoms with van der Waals surface area (Å²) in [7, 11) is 0. The molecule has 88 valence electrons. The number of halogens is 1. The second-order valence-electron chi connectivity index (χ2n) is 3.89. The van der Waals surface area contributed by atoms with Crippen molar-refractivity contribution >= 4 is 15.9 Å². The highest BCUT2D eigenvalue weighted by Crippen LogP contribution is 2.16.